The van der Waals surface area contributed by atoms with Crippen molar-refractivity contribution in [2.45, 2.75) is 32.1 Å². The SMILES string of the molecule is O=C(Cc1c[nH]c2ccccc12)NCC1CC2CCC1C2. The van der Waals surface area contributed by atoms with E-state index >= 15 is 0 Å². The topological polar surface area (TPSA) is 44.9 Å². The van der Waals surface area contributed by atoms with E-state index in [-0.39, 0.29) is 5.91 Å². The van der Waals surface area contributed by atoms with Gasteiger partial charge in [-0.2, -0.15) is 0 Å². The van der Waals surface area contributed by atoms with E-state index in [0.29, 0.717) is 6.42 Å². The van der Waals surface area contributed by atoms with Gasteiger partial charge in [-0.3, -0.25) is 4.79 Å². The highest BCUT2D eigenvalue weighted by atomic mass is 16.1. The van der Waals surface area contributed by atoms with Crippen molar-refractivity contribution < 1.29 is 4.79 Å². The summed E-state index contributed by atoms with van der Waals surface area (Å²) in [5.74, 6) is 2.71. The molecule has 0 aliphatic heterocycles. The Hall–Kier alpha value is -1.77. The van der Waals surface area contributed by atoms with Crippen LogP contribution in [0.1, 0.15) is 31.2 Å². The quantitative estimate of drug-likeness (QED) is 0.888. The highest BCUT2D eigenvalue weighted by molar-refractivity contribution is 5.88. The summed E-state index contributed by atoms with van der Waals surface area (Å²) in [6.45, 7) is 0.877. The van der Waals surface area contributed by atoms with Gasteiger partial charge in [-0.15, -0.1) is 0 Å². The third-order valence-corrected chi connectivity index (χ3v) is 5.47. The Bertz CT molecular complexity index is 660. The lowest BCUT2D eigenvalue weighted by Crippen LogP contribution is -2.32. The van der Waals surface area contributed by atoms with Crippen LogP contribution in [0.2, 0.25) is 0 Å². The fraction of sp³-hybridized carbons (Fsp3) is 0.500. The first-order valence-corrected chi connectivity index (χ1v) is 8.11. The fourth-order valence-electron chi connectivity index (χ4n) is 4.38. The molecular formula is C18H22N2O. The Balaban J connectivity index is 1.35. The second kappa shape index (κ2) is 5.21. The number of hydrogen-bond acceptors (Lipinski definition) is 1. The molecule has 0 radical (unpaired) electrons. The van der Waals surface area contributed by atoms with E-state index in [9.17, 15) is 4.79 Å². The van der Waals surface area contributed by atoms with Crippen molar-refractivity contribution in [1.82, 2.24) is 10.3 Å². The molecule has 2 bridgehead atoms. The van der Waals surface area contributed by atoms with E-state index < -0.39 is 0 Å². The maximum Gasteiger partial charge on any atom is 0.224 e. The molecule has 1 heterocycles. The van der Waals surface area contributed by atoms with Crippen LogP contribution in [0.3, 0.4) is 0 Å². The third-order valence-electron chi connectivity index (χ3n) is 5.47. The predicted octanol–water partition coefficient (Wildman–Crippen LogP) is 3.26. The molecule has 3 nitrogen and oxygen atoms in total. The molecule has 2 aliphatic carbocycles. The van der Waals surface area contributed by atoms with Gasteiger partial charge in [-0.1, -0.05) is 24.6 Å². The first-order valence-electron chi connectivity index (χ1n) is 8.11. The second-order valence-electron chi connectivity index (χ2n) is 6.78. The minimum Gasteiger partial charge on any atom is -0.361 e. The fourth-order valence-corrected chi connectivity index (χ4v) is 4.38. The zero-order valence-electron chi connectivity index (χ0n) is 12.3. The van der Waals surface area contributed by atoms with Crippen LogP contribution in [0.25, 0.3) is 10.9 Å². The van der Waals surface area contributed by atoms with Gasteiger partial charge in [-0.05, 0) is 48.6 Å². The normalized spacial score (nSPS) is 27.3. The summed E-state index contributed by atoms with van der Waals surface area (Å²) in [6.07, 6.45) is 7.98. The largest absolute Gasteiger partial charge is 0.361 e. The monoisotopic (exact) mass is 282 g/mol. The van der Waals surface area contributed by atoms with Gasteiger partial charge < -0.3 is 10.3 Å². The summed E-state index contributed by atoms with van der Waals surface area (Å²) >= 11 is 0. The van der Waals surface area contributed by atoms with Crippen LogP contribution < -0.4 is 5.32 Å². The van der Waals surface area contributed by atoms with E-state index in [2.05, 4.69) is 16.4 Å². The number of carbonyl (C=O) groups is 1. The Labute approximate surface area is 125 Å². The molecule has 3 heteroatoms. The van der Waals surface area contributed by atoms with Gasteiger partial charge in [0, 0.05) is 23.6 Å². The lowest BCUT2D eigenvalue weighted by atomic mass is 9.89. The zero-order chi connectivity index (χ0) is 14.2. The minimum atomic E-state index is 0.155. The van der Waals surface area contributed by atoms with Gasteiger partial charge in [0.15, 0.2) is 0 Å². The first-order chi connectivity index (χ1) is 10.3. The number of aromatic nitrogens is 1. The average Bonchev–Trinajstić information content (AvgIpc) is 3.21. The number of carbonyl (C=O) groups excluding carboxylic acids is 1. The van der Waals surface area contributed by atoms with Crippen molar-refractivity contribution in [3.05, 3.63) is 36.0 Å². The molecule has 0 spiro atoms. The molecule has 2 N–H and O–H groups in total. The Morgan fingerprint density at radius 1 is 1.24 bits per heavy atom. The Morgan fingerprint density at radius 3 is 2.95 bits per heavy atom. The molecule has 2 saturated carbocycles. The van der Waals surface area contributed by atoms with Gasteiger partial charge in [0.25, 0.3) is 0 Å². The molecule has 3 atom stereocenters. The predicted molar refractivity (Wildman–Crippen MR) is 84.0 cm³/mol. The Morgan fingerprint density at radius 2 is 2.14 bits per heavy atom. The number of rotatable bonds is 4. The van der Waals surface area contributed by atoms with Crippen molar-refractivity contribution in [2.75, 3.05) is 6.54 Å². The lowest BCUT2D eigenvalue weighted by molar-refractivity contribution is -0.120. The molecule has 3 unspecified atom stereocenters. The van der Waals surface area contributed by atoms with E-state index in [0.717, 1.165) is 40.8 Å². The van der Waals surface area contributed by atoms with E-state index in [1.54, 1.807) is 0 Å². The zero-order valence-corrected chi connectivity index (χ0v) is 12.3. The van der Waals surface area contributed by atoms with Crippen molar-refractivity contribution in [3.8, 4) is 0 Å². The maximum absolute atomic E-state index is 12.2. The maximum atomic E-state index is 12.2. The molecular weight excluding hydrogens is 260 g/mol. The van der Waals surface area contributed by atoms with Gasteiger partial charge in [-0.25, -0.2) is 0 Å². The van der Waals surface area contributed by atoms with Gasteiger partial charge >= 0.3 is 0 Å². The average molecular weight is 282 g/mol. The number of aromatic amines is 1. The molecule has 4 rings (SSSR count). The second-order valence-corrected chi connectivity index (χ2v) is 6.78. The number of nitrogens with one attached hydrogen (secondary N) is 2. The number of fused-ring (bicyclic) bond motifs is 3. The lowest BCUT2D eigenvalue weighted by Gasteiger charge is -2.21. The van der Waals surface area contributed by atoms with Gasteiger partial charge in [0.05, 0.1) is 6.42 Å². The summed E-state index contributed by atoms with van der Waals surface area (Å²) < 4.78 is 0. The van der Waals surface area contributed by atoms with Gasteiger partial charge in [0.2, 0.25) is 5.91 Å². The number of amides is 1. The first kappa shape index (κ1) is 12.9. The smallest absolute Gasteiger partial charge is 0.224 e. The van der Waals surface area contributed by atoms with Crippen LogP contribution in [0.15, 0.2) is 30.5 Å². The minimum absolute atomic E-state index is 0.155. The third kappa shape index (κ3) is 2.45. The number of H-pyrrole nitrogens is 1. The van der Waals surface area contributed by atoms with Crippen LogP contribution in [-0.4, -0.2) is 17.4 Å². The number of hydrogen-bond donors (Lipinski definition) is 2. The van der Waals surface area contributed by atoms with E-state index in [1.165, 1.54) is 25.7 Å². The highest BCUT2D eigenvalue weighted by Crippen LogP contribution is 2.47. The van der Waals surface area contributed by atoms with Crippen LogP contribution in [-0.2, 0) is 11.2 Å². The molecule has 2 fully saturated rings. The highest BCUT2D eigenvalue weighted by Gasteiger charge is 2.39. The molecule has 2 aromatic rings. The molecule has 1 aromatic heterocycles. The number of para-hydroxylation sites is 1. The summed E-state index contributed by atoms with van der Waals surface area (Å²) in [7, 11) is 0. The van der Waals surface area contributed by atoms with Crippen LogP contribution in [0, 0.1) is 17.8 Å². The molecule has 1 aromatic carbocycles. The summed E-state index contributed by atoms with van der Waals surface area (Å²) in [4.78, 5) is 15.4. The summed E-state index contributed by atoms with van der Waals surface area (Å²) in [6, 6.07) is 8.15. The molecule has 1 amide bonds. The Kier molecular flexibility index (Phi) is 3.21. The molecule has 110 valence electrons. The van der Waals surface area contributed by atoms with E-state index in [4.69, 9.17) is 0 Å². The van der Waals surface area contributed by atoms with Crippen molar-refractivity contribution in [2.24, 2.45) is 17.8 Å². The van der Waals surface area contributed by atoms with Crippen LogP contribution in [0.5, 0.6) is 0 Å². The van der Waals surface area contributed by atoms with Crippen molar-refractivity contribution >= 4 is 16.8 Å². The molecule has 0 saturated heterocycles. The van der Waals surface area contributed by atoms with Gasteiger partial charge in [0.1, 0.15) is 0 Å². The van der Waals surface area contributed by atoms with Crippen molar-refractivity contribution in [3.63, 3.8) is 0 Å². The molecule has 2 aliphatic rings. The number of benzene rings is 1. The van der Waals surface area contributed by atoms with E-state index in [1.807, 2.05) is 24.4 Å². The summed E-state index contributed by atoms with van der Waals surface area (Å²) in [5, 5.41) is 4.32. The standard InChI is InChI=1S/C18H22N2O/c21-18(20-10-14-8-12-5-6-13(14)7-12)9-15-11-19-17-4-2-1-3-16(15)17/h1-4,11-14,19H,5-10H2,(H,20,21). The van der Waals surface area contributed by atoms with Crippen molar-refractivity contribution in [1.29, 1.82) is 0 Å². The van der Waals surface area contributed by atoms with Crippen LogP contribution in [0.4, 0.5) is 0 Å². The van der Waals surface area contributed by atoms with Crippen LogP contribution >= 0.6 is 0 Å². The molecule has 21 heavy (non-hydrogen) atoms. The summed E-state index contributed by atoms with van der Waals surface area (Å²) in [5.41, 5.74) is 2.20.